The lowest BCUT2D eigenvalue weighted by molar-refractivity contribution is 0.127. The molecule has 0 unspecified atom stereocenters. The predicted octanol–water partition coefficient (Wildman–Crippen LogP) is 2.05. The minimum atomic E-state index is 0.332. The highest BCUT2D eigenvalue weighted by atomic mass is 32.1. The van der Waals surface area contributed by atoms with E-state index < -0.39 is 0 Å². The molecular formula is C18H25N5O2S. The number of nitrogens with zero attached hydrogens (tertiary/aromatic N) is 4. The van der Waals surface area contributed by atoms with Gasteiger partial charge in [0.25, 0.3) is 0 Å². The van der Waals surface area contributed by atoms with Gasteiger partial charge in [0, 0.05) is 52.2 Å². The van der Waals surface area contributed by atoms with Crippen molar-refractivity contribution in [2.45, 2.75) is 26.4 Å². The van der Waals surface area contributed by atoms with E-state index in [1.807, 2.05) is 6.07 Å². The van der Waals surface area contributed by atoms with Gasteiger partial charge >= 0.3 is 0 Å². The molecule has 1 aromatic carbocycles. The summed E-state index contributed by atoms with van der Waals surface area (Å²) in [6.07, 6.45) is 0.934. The Morgan fingerprint density at radius 1 is 1.12 bits per heavy atom. The Balaban J connectivity index is 1.25. The van der Waals surface area contributed by atoms with Crippen molar-refractivity contribution < 1.29 is 9.47 Å². The Hall–Kier alpha value is -1.90. The first kappa shape index (κ1) is 17.5. The molecule has 8 heteroatoms. The number of piperazine rings is 1. The molecule has 2 aromatic rings. The molecule has 0 amide bonds. The molecule has 1 aromatic heterocycles. The number of ether oxygens (including phenoxy) is 2. The van der Waals surface area contributed by atoms with Gasteiger partial charge in [0.05, 0.1) is 0 Å². The number of hydrogen-bond acceptors (Lipinski definition) is 6. The molecule has 0 aliphatic carbocycles. The Morgan fingerprint density at radius 3 is 2.69 bits per heavy atom. The summed E-state index contributed by atoms with van der Waals surface area (Å²) in [6, 6.07) is 6.24. The molecular weight excluding hydrogens is 350 g/mol. The number of benzene rings is 1. The molecule has 0 spiro atoms. The van der Waals surface area contributed by atoms with Crippen LogP contribution in [0.3, 0.4) is 0 Å². The van der Waals surface area contributed by atoms with Gasteiger partial charge in [0.15, 0.2) is 16.3 Å². The molecule has 1 fully saturated rings. The first-order valence-corrected chi connectivity index (χ1v) is 9.61. The van der Waals surface area contributed by atoms with E-state index in [9.17, 15) is 0 Å². The van der Waals surface area contributed by atoms with E-state index in [4.69, 9.17) is 21.7 Å². The second-order valence-corrected chi connectivity index (χ2v) is 7.13. The lowest BCUT2D eigenvalue weighted by Gasteiger charge is -2.34. The summed E-state index contributed by atoms with van der Waals surface area (Å²) in [4.78, 5) is 5.00. The third kappa shape index (κ3) is 3.77. The van der Waals surface area contributed by atoms with Crippen LogP contribution in [0.25, 0.3) is 0 Å². The number of aromatic amines is 1. The number of H-pyrrole nitrogens is 1. The molecule has 2 aliphatic rings. The van der Waals surface area contributed by atoms with Crippen LogP contribution in [-0.2, 0) is 19.5 Å². The van der Waals surface area contributed by atoms with E-state index in [1.54, 1.807) is 0 Å². The highest BCUT2D eigenvalue weighted by Crippen LogP contribution is 2.32. The van der Waals surface area contributed by atoms with Crippen LogP contribution in [-0.4, -0.2) is 64.1 Å². The van der Waals surface area contributed by atoms with Crippen LogP contribution in [0, 0.1) is 4.77 Å². The number of aromatic nitrogens is 3. The molecule has 26 heavy (non-hydrogen) atoms. The third-order valence-electron chi connectivity index (χ3n) is 5.11. The normalized spacial score (nSPS) is 17.7. The van der Waals surface area contributed by atoms with Crippen molar-refractivity contribution in [3.8, 4) is 11.5 Å². The standard InChI is InChI=1S/C18H25N5O2S/c1-2-23-17(19-20-18(23)26)5-6-21-7-9-22(10-8-21)12-14-3-4-15-16(11-14)25-13-24-15/h3-4,11H,2,5-10,12-13H2,1H3,(H,20,26). The maximum Gasteiger partial charge on any atom is 0.231 e. The fourth-order valence-corrected chi connectivity index (χ4v) is 3.87. The van der Waals surface area contributed by atoms with Crippen LogP contribution in [0.1, 0.15) is 18.3 Å². The average molecular weight is 375 g/mol. The van der Waals surface area contributed by atoms with Gasteiger partial charge in [-0.15, -0.1) is 0 Å². The Labute approximate surface area is 158 Å². The molecule has 4 rings (SSSR count). The fraction of sp³-hybridized carbons (Fsp3) is 0.556. The highest BCUT2D eigenvalue weighted by Gasteiger charge is 2.19. The molecule has 0 radical (unpaired) electrons. The molecule has 7 nitrogen and oxygen atoms in total. The van der Waals surface area contributed by atoms with E-state index in [0.29, 0.717) is 6.79 Å². The fourth-order valence-electron chi connectivity index (χ4n) is 3.59. The number of fused-ring (bicyclic) bond motifs is 1. The van der Waals surface area contributed by atoms with Gasteiger partial charge < -0.3 is 18.9 Å². The first-order valence-electron chi connectivity index (χ1n) is 9.20. The third-order valence-corrected chi connectivity index (χ3v) is 5.42. The van der Waals surface area contributed by atoms with Gasteiger partial charge in [0.1, 0.15) is 5.82 Å². The van der Waals surface area contributed by atoms with Gasteiger partial charge in [-0.1, -0.05) is 6.07 Å². The number of hydrogen-bond donors (Lipinski definition) is 1. The second kappa shape index (κ2) is 7.77. The Bertz CT molecular complexity index is 810. The summed E-state index contributed by atoms with van der Waals surface area (Å²) < 4.78 is 13.6. The monoisotopic (exact) mass is 375 g/mol. The quantitative estimate of drug-likeness (QED) is 0.780. The topological polar surface area (TPSA) is 58.6 Å². The molecule has 0 atom stereocenters. The largest absolute Gasteiger partial charge is 0.454 e. The molecule has 3 heterocycles. The molecule has 1 N–H and O–H groups in total. The lowest BCUT2D eigenvalue weighted by Crippen LogP contribution is -2.46. The van der Waals surface area contributed by atoms with Gasteiger partial charge in [-0.25, -0.2) is 0 Å². The van der Waals surface area contributed by atoms with Gasteiger partial charge in [-0.3, -0.25) is 10.00 Å². The highest BCUT2D eigenvalue weighted by molar-refractivity contribution is 7.71. The zero-order valence-electron chi connectivity index (χ0n) is 15.1. The predicted molar refractivity (Wildman–Crippen MR) is 101 cm³/mol. The number of rotatable bonds is 6. The lowest BCUT2D eigenvalue weighted by atomic mass is 10.1. The van der Waals surface area contributed by atoms with Gasteiger partial charge in [0.2, 0.25) is 6.79 Å². The van der Waals surface area contributed by atoms with Crippen LogP contribution in [0.4, 0.5) is 0 Å². The zero-order valence-corrected chi connectivity index (χ0v) is 15.9. The van der Waals surface area contributed by atoms with Crippen LogP contribution < -0.4 is 9.47 Å². The summed E-state index contributed by atoms with van der Waals surface area (Å²) in [5.41, 5.74) is 1.28. The van der Waals surface area contributed by atoms with Crippen molar-refractivity contribution in [1.82, 2.24) is 24.6 Å². The molecule has 2 aliphatic heterocycles. The minimum absolute atomic E-state index is 0.332. The van der Waals surface area contributed by atoms with E-state index in [2.05, 4.69) is 43.6 Å². The van der Waals surface area contributed by atoms with Crippen molar-refractivity contribution >= 4 is 12.2 Å². The first-order chi connectivity index (χ1) is 12.7. The van der Waals surface area contributed by atoms with E-state index >= 15 is 0 Å². The average Bonchev–Trinajstić information content (AvgIpc) is 3.26. The van der Waals surface area contributed by atoms with Crippen LogP contribution in [0.15, 0.2) is 18.2 Å². The van der Waals surface area contributed by atoms with E-state index in [0.717, 1.165) is 74.3 Å². The SMILES string of the molecule is CCn1c(CCN2CCN(Cc3ccc4c(c3)OCO4)CC2)n[nH]c1=S. The van der Waals surface area contributed by atoms with Crippen LogP contribution in [0.5, 0.6) is 11.5 Å². The maximum absolute atomic E-state index is 5.47. The van der Waals surface area contributed by atoms with Gasteiger partial charge in [-0.2, -0.15) is 5.10 Å². The van der Waals surface area contributed by atoms with E-state index in [1.165, 1.54) is 5.56 Å². The molecule has 1 saturated heterocycles. The molecule has 0 saturated carbocycles. The Kier molecular flexibility index (Phi) is 5.23. The summed E-state index contributed by atoms with van der Waals surface area (Å²) in [5.74, 6) is 2.77. The van der Waals surface area contributed by atoms with Crippen molar-refractivity contribution in [1.29, 1.82) is 0 Å². The number of nitrogens with one attached hydrogen (secondary N) is 1. The second-order valence-electron chi connectivity index (χ2n) is 6.74. The summed E-state index contributed by atoms with van der Waals surface area (Å²) in [7, 11) is 0. The summed E-state index contributed by atoms with van der Waals surface area (Å²) in [5, 5.41) is 7.25. The van der Waals surface area contributed by atoms with E-state index in [-0.39, 0.29) is 0 Å². The van der Waals surface area contributed by atoms with Crippen molar-refractivity contribution in [3.63, 3.8) is 0 Å². The minimum Gasteiger partial charge on any atom is -0.454 e. The molecule has 140 valence electrons. The summed E-state index contributed by atoms with van der Waals surface area (Å²) in [6.45, 7) is 9.61. The molecule has 0 bridgehead atoms. The maximum atomic E-state index is 5.47. The van der Waals surface area contributed by atoms with Crippen LogP contribution >= 0.6 is 12.2 Å². The van der Waals surface area contributed by atoms with Gasteiger partial charge in [-0.05, 0) is 36.8 Å². The van der Waals surface area contributed by atoms with Crippen LogP contribution in [0.2, 0.25) is 0 Å². The zero-order chi connectivity index (χ0) is 17.9. The van der Waals surface area contributed by atoms with Crippen molar-refractivity contribution in [3.05, 3.63) is 34.4 Å². The van der Waals surface area contributed by atoms with Crippen molar-refractivity contribution in [2.75, 3.05) is 39.5 Å². The van der Waals surface area contributed by atoms with Crippen molar-refractivity contribution in [2.24, 2.45) is 0 Å². The summed E-state index contributed by atoms with van der Waals surface area (Å²) >= 11 is 5.26. The smallest absolute Gasteiger partial charge is 0.231 e. The Morgan fingerprint density at radius 2 is 1.88 bits per heavy atom.